The van der Waals surface area contributed by atoms with Crippen LogP contribution < -0.4 is 0 Å². The van der Waals surface area contributed by atoms with Crippen molar-refractivity contribution in [3.05, 3.63) is 243 Å². The molecule has 0 saturated heterocycles. The molecule has 70 heavy (non-hydrogen) atoms. The van der Waals surface area contributed by atoms with E-state index in [-0.39, 0.29) is 0 Å². The lowest BCUT2D eigenvalue weighted by atomic mass is 9.93. The molecule has 0 radical (unpaired) electrons. The van der Waals surface area contributed by atoms with Crippen LogP contribution in [0.1, 0.15) is 0 Å². The topological polar surface area (TPSA) is 56.7 Å². The zero-order chi connectivity index (χ0) is 46.1. The van der Waals surface area contributed by atoms with E-state index in [1.165, 1.54) is 32.7 Å². The van der Waals surface area contributed by atoms with Crippen molar-refractivity contribution < 1.29 is 4.42 Å². The first-order valence-electron chi connectivity index (χ1n) is 23.7. The van der Waals surface area contributed by atoms with E-state index in [0.29, 0.717) is 17.5 Å². The van der Waals surface area contributed by atoms with Gasteiger partial charge >= 0.3 is 0 Å². The van der Waals surface area contributed by atoms with Gasteiger partial charge in [-0.2, -0.15) is 0 Å². The normalized spacial score (nSPS) is 11.7. The monoisotopic (exact) mass is 892 g/mol. The van der Waals surface area contributed by atoms with E-state index in [1.54, 1.807) is 0 Å². The fourth-order valence-corrected chi connectivity index (χ4v) is 10.4. The van der Waals surface area contributed by atoms with E-state index in [0.717, 1.165) is 88.4 Å². The molecule has 0 aliphatic carbocycles. The highest BCUT2D eigenvalue weighted by atomic mass is 16.3. The minimum atomic E-state index is 0.583. The molecule has 14 rings (SSSR count). The molecule has 5 heteroatoms. The number of fused-ring (bicyclic) bond motifs is 9. The number of para-hydroxylation sites is 2. The van der Waals surface area contributed by atoms with Gasteiger partial charge in [0.15, 0.2) is 17.5 Å². The second kappa shape index (κ2) is 16.1. The smallest absolute Gasteiger partial charge is 0.164 e. The fraction of sp³-hybridized carbons (Fsp3) is 0. The summed E-state index contributed by atoms with van der Waals surface area (Å²) < 4.78 is 9.25. The van der Waals surface area contributed by atoms with Crippen LogP contribution in [-0.4, -0.2) is 19.5 Å². The van der Waals surface area contributed by atoms with Crippen molar-refractivity contribution >= 4 is 65.3 Å². The summed E-state index contributed by atoms with van der Waals surface area (Å²) in [5.74, 6) is 1.79. The minimum Gasteiger partial charge on any atom is -0.455 e. The van der Waals surface area contributed by atoms with Crippen molar-refractivity contribution in [2.45, 2.75) is 0 Å². The minimum absolute atomic E-state index is 0.583. The summed E-state index contributed by atoms with van der Waals surface area (Å²) in [6.45, 7) is 0. The Hall–Kier alpha value is -9.45. The van der Waals surface area contributed by atoms with Crippen LogP contribution in [0.15, 0.2) is 247 Å². The molecule has 0 aliphatic heterocycles. The number of nitrogens with zero attached hydrogens (tertiary/aromatic N) is 4. The van der Waals surface area contributed by atoms with Crippen LogP contribution in [0.4, 0.5) is 0 Å². The van der Waals surface area contributed by atoms with Crippen LogP contribution in [0.2, 0.25) is 0 Å². The Kier molecular flexibility index (Phi) is 9.14. The van der Waals surface area contributed by atoms with Gasteiger partial charge in [-0.3, -0.25) is 0 Å². The Morgan fingerprint density at radius 3 is 1.47 bits per heavy atom. The SMILES string of the molecule is c1ccc(-c2ccc(-c3ccc(-c4nc(-c5ccccc5)nc(-c5ccc(-n6c7ccccc7c7cc8ccccc8cc76)c(-c6cc7ccccc7c7oc8ccccc8c67)c5)n4)cc3)cc2)cc1. The summed E-state index contributed by atoms with van der Waals surface area (Å²) in [4.78, 5) is 15.7. The van der Waals surface area contributed by atoms with Crippen molar-refractivity contribution in [1.29, 1.82) is 0 Å². The summed E-state index contributed by atoms with van der Waals surface area (Å²) in [5, 5.41) is 9.09. The molecular weight excluding hydrogens is 853 g/mol. The van der Waals surface area contributed by atoms with E-state index in [2.05, 4.69) is 217 Å². The average molecular weight is 893 g/mol. The van der Waals surface area contributed by atoms with Crippen LogP contribution in [0.5, 0.6) is 0 Å². The molecule has 0 atom stereocenters. The lowest BCUT2D eigenvalue weighted by Crippen LogP contribution is -2.02. The molecule has 0 bridgehead atoms. The molecule has 3 aromatic heterocycles. The fourth-order valence-electron chi connectivity index (χ4n) is 10.4. The summed E-state index contributed by atoms with van der Waals surface area (Å²) in [6.07, 6.45) is 0. The molecule has 14 aromatic rings. The summed E-state index contributed by atoms with van der Waals surface area (Å²) in [7, 11) is 0. The number of hydrogen-bond donors (Lipinski definition) is 0. The number of furan rings is 1. The lowest BCUT2D eigenvalue weighted by molar-refractivity contribution is 0.673. The van der Waals surface area contributed by atoms with Crippen molar-refractivity contribution in [3.8, 4) is 73.2 Å². The van der Waals surface area contributed by atoms with E-state index in [4.69, 9.17) is 19.4 Å². The van der Waals surface area contributed by atoms with Gasteiger partial charge in [-0.05, 0) is 92.5 Å². The second-order valence-corrected chi connectivity index (χ2v) is 17.9. The van der Waals surface area contributed by atoms with Gasteiger partial charge in [0, 0.05) is 49.2 Å². The third-order valence-electron chi connectivity index (χ3n) is 13.8. The Labute approximate surface area is 403 Å². The maximum atomic E-state index is 6.81. The van der Waals surface area contributed by atoms with Gasteiger partial charge in [0.1, 0.15) is 11.2 Å². The van der Waals surface area contributed by atoms with Gasteiger partial charge in [0.05, 0.1) is 16.7 Å². The molecule has 11 aromatic carbocycles. The molecule has 326 valence electrons. The molecule has 0 unspecified atom stereocenters. The van der Waals surface area contributed by atoms with Gasteiger partial charge in [-0.1, -0.05) is 194 Å². The Bertz CT molecular complexity index is 4330. The number of hydrogen-bond acceptors (Lipinski definition) is 4. The van der Waals surface area contributed by atoms with Gasteiger partial charge in [-0.15, -0.1) is 0 Å². The highest BCUT2D eigenvalue weighted by Crippen LogP contribution is 2.46. The Balaban J connectivity index is 0.994. The Morgan fingerprint density at radius 1 is 0.300 bits per heavy atom. The predicted molar refractivity (Wildman–Crippen MR) is 289 cm³/mol. The summed E-state index contributed by atoms with van der Waals surface area (Å²) in [6, 6.07) is 85.9. The molecular formula is C65H40N4O. The van der Waals surface area contributed by atoms with Crippen LogP contribution in [0.25, 0.3) is 139 Å². The van der Waals surface area contributed by atoms with E-state index < -0.39 is 0 Å². The highest BCUT2D eigenvalue weighted by Gasteiger charge is 2.23. The van der Waals surface area contributed by atoms with Gasteiger partial charge in [-0.25, -0.2) is 15.0 Å². The van der Waals surface area contributed by atoms with Gasteiger partial charge < -0.3 is 8.98 Å². The van der Waals surface area contributed by atoms with Gasteiger partial charge in [0.25, 0.3) is 0 Å². The number of rotatable bonds is 7. The largest absolute Gasteiger partial charge is 0.455 e. The maximum absolute atomic E-state index is 6.81. The molecule has 0 fully saturated rings. The molecule has 0 N–H and O–H groups in total. The maximum Gasteiger partial charge on any atom is 0.164 e. The van der Waals surface area contributed by atoms with Crippen LogP contribution in [-0.2, 0) is 0 Å². The third kappa shape index (κ3) is 6.59. The van der Waals surface area contributed by atoms with E-state index >= 15 is 0 Å². The zero-order valence-corrected chi connectivity index (χ0v) is 37.8. The second-order valence-electron chi connectivity index (χ2n) is 17.9. The summed E-state index contributed by atoms with van der Waals surface area (Å²) in [5.41, 5.74) is 14.4. The van der Waals surface area contributed by atoms with Gasteiger partial charge in [0.2, 0.25) is 0 Å². The quantitative estimate of drug-likeness (QED) is 0.160. The molecule has 3 heterocycles. The molecule has 0 aliphatic rings. The lowest BCUT2D eigenvalue weighted by Gasteiger charge is -2.18. The van der Waals surface area contributed by atoms with E-state index in [1.807, 2.05) is 30.3 Å². The molecule has 5 nitrogen and oxygen atoms in total. The number of benzene rings is 11. The van der Waals surface area contributed by atoms with Crippen LogP contribution in [0.3, 0.4) is 0 Å². The highest BCUT2D eigenvalue weighted by molar-refractivity contribution is 6.22. The van der Waals surface area contributed by atoms with Crippen molar-refractivity contribution in [2.24, 2.45) is 0 Å². The first-order valence-corrected chi connectivity index (χ1v) is 23.7. The Morgan fingerprint density at radius 2 is 0.786 bits per heavy atom. The third-order valence-corrected chi connectivity index (χ3v) is 13.8. The average Bonchev–Trinajstić information content (AvgIpc) is 3.99. The van der Waals surface area contributed by atoms with Crippen molar-refractivity contribution in [1.82, 2.24) is 19.5 Å². The van der Waals surface area contributed by atoms with Crippen molar-refractivity contribution in [3.63, 3.8) is 0 Å². The zero-order valence-electron chi connectivity index (χ0n) is 37.8. The summed E-state index contributed by atoms with van der Waals surface area (Å²) >= 11 is 0. The predicted octanol–water partition coefficient (Wildman–Crippen LogP) is 17.2. The van der Waals surface area contributed by atoms with Crippen LogP contribution in [0, 0.1) is 0 Å². The molecule has 0 spiro atoms. The first kappa shape index (κ1) is 39.7. The molecule has 0 amide bonds. The standard InChI is InChI=1S/C65H40N4O/c1-3-15-41(16-4-1)42-27-29-43(30-28-42)44-31-33-46(34-32-44)64-66-63(45-17-5-2-6-18-45)67-65(68-64)50-35-36-58(69-57-25-13-11-23-52(57)54-37-47-19-7-8-20-48(47)40-59(54)69)55(39-50)56-38-49-21-9-10-22-51(49)62-61(56)53-24-12-14-26-60(53)70-62/h1-40H. The molecule has 0 saturated carbocycles. The first-order chi connectivity index (χ1) is 34.7. The van der Waals surface area contributed by atoms with Crippen molar-refractivity contribution in [2.75, 3.05) is 0 Å². The number of aromatic nitrogens is 4. The van der Waals surface area contributed by atoms with Crippen LogP contribution >= 0.6 is 0 Å². The van der Waals surface area contributed by atoms with E-state index in [9.17, 15) is 0 Å².